The fraction of sp³-hybridized carbons (Fsp3) is 0.500. The van der Waals surface area contributed by atoms with Crippen LogP contribution in [0.1, 0.15) is 6.42 Å². The lowest BCUT2D eigenvalue weighted by Gasteiger charge is -2.21. The first-order chi connectivity index (χ1) is 7.74. The summed E-state index contributed by atoms with van der Waals surface area (Å²) in [5.41, 5.74) is 0.903. The Balaban J connectivity index is 2.20. The first kappa shape index (κ1) is 11.2. The summed E-state index contributed by atoms with van der Waals surface area (Å²) in [6.07, 6.45) is 0.969. The molecule has 16 heavy (non-hydrogen) atoms. The van der Waals surface area contributed by atoms with Gasteiger partial charge in [0.2, 0.25) is 0 Å². The summed E-state index contributed by atoms with van der Waals surface area (Å²) in [7, 11) is 1.54. The van der Waals surface area contributed by atoms with E-state index in [1.807, 2.05) is 0 Å². The van der Waals surface area contributed by atoms with E-state index in [2.05, 4.69) is 4.90 Å². The number of rotatable bonds is 3. The van der Waals surface area contributed by atoms with Crippen molar-refractivity contribution >= 4 is 5.69 Å². The molecule has 0 amide bonds. The average Bonchev–Trinajstić information content (AvgIpc) is 2.77. The van der Waals surface area contributed by atoms with E-state index in [1.54, 1.807) is 6.07 Å². The number of anilines is 1. The molecule has 1 unspecified atom stereocenters. The minimum atomic E-state index is -0.293. The zero-order valence-corrected chi connectivity index (χ0v) is 9.32. The molecule has 0 spiro atoms. The third-order valence-corrected chi connectivity index (χ3v) is 3.03. The third-order valence-electron chi connectivity index (χ3n) is 3.03. The van der Waals surface area contributed by atoms with Crippen LogP contribution in [-0.2, 0) is 0 Å². The van der Waals surface area contributed by atoms with Crippen LogP contribution in [0.25, 0.3) is 0 Å². The van der Waals surface area contributed by atoms with Crippen molar-refractivity contribution in [2.45, 2.75) is 6.42 Å². The Kier molecular flexibility index (Phi) is 3.29. The van der Waals surface area contributed by atoms with E-state index >= 15 is 0 Å². The van der Waals surface area contributed by atoms with E-state index in [1.165, 1.54) is 19.2 Å². The quantitative estimate of drug-likeness (QED) is 0.849. The van der Waals surface area contributed by atoms with Gasteiger partial charge in [-0.3, -0.25) is 0 Å². The molecular formula is C12H16FNO2. The van der Waals surface area contributed by atoms with Crippen LogP contribution in [0.2, 0.25) is 0 Å². The molecule has 1 fully saturated rings. The normalized spacial score (nSPS) is 20.2. The van der Waals surface area contributed by atoms with Crippen LogP contribution >= 0.6 is 0 Å². The molecular weight excluding hydrogens is 209 g/mol. The molecule has 1 saturated heterocycles. The van der Waals surface area contributed by atoms with Crippen LogP contribution in [0, 0.1) is 11.7 Å². The molecule has 1 aliphatic heterocycles. The number of halogens is 1. The van der Waals surface area contributed by atoms with Crippen LogP contribution in [0.5, 0.6) is 5.75 Å². The number of benzene rings is 1. The molecule has 88 valence electrons. The molecule has 1 N–H and O–H groups in total. The summed E-state index contributed by atoms with van der Waals surface area (Å²) in [6, 6.07) is 4.56. The van der Waals surface area contributed by atoms with E-state index < -0.39 is 0 Å². The molecule has 1 aliphatic rings. The second-order valence-corrected chi connectivity index (χ2v) is 4.10. The number of aliphatic hydroxyl groups is 1. The molecule has 1 aromatic carbocycles. The van der Waals surface area contributed by atoms with Crippen LogP contribution in [0.4, 0.5) is 10.1 Å². The molecule has 0 saturated carbocycles. The molecule has 0 bridgehead atoms. The number of hydrogen-bond donors (Lipinski definition) is 1. The van der Waals surface area contributed by atoms with Crippen molar-refractivity contribution < 1.29 is 14.2 Å². The second kappa shape index (κ2) is 4.70. The molecule has 0 radical (unpaired) electrons. The van der Waals surface area contributed by atoms with Gasteiger partial charge in [-0.1, -0.05) is 0 Å². The summed E-state index contributed by atoms with van der Waals surface area (Å²) in [5, 5.41) is 9.08. The minimum absolute atomic E-state index is 0.208. The van der Waals surface area contributed by atoms with Crippen molar-refractivity contribution in [3.05, 3.63) is 24.0 Å². The Labute approximate surface area is 94.4 Å². The van der Waals surface area contributed by atoms with E-state index in [4.69, 9.17) is 9.84 Å². The highest BCUT2D eigenvalue weighted by Gasteiger charge is 2.24. The maximum absolute atomic E-state index is 13.0. The topological polar surface area (TPSA) is 32.7 Å². The van der Waals surface area contributed by atoms with Crippen LogP contribution in [-0.4, -0.2) is 31.9 Å². The number of aliphatic hydroxyl groups excluding tert-OH is 1. The minimum Gasteiger partial charge on any atom is -0.494 e. The van der Waals surface area contributed by atoms with Gasteiger partial charge in [-0.05, 0) is 18.6 Å². The number of nitrogens with zero attached hydrogens (tertiary/aromatic N) is 1. The maximum atomic E-state index is 13.0. The van der Waals surface area contributed by atoms with Crippen molar-refractivity contribution in [2.75, 3.05) is 31.7 Å². The molecule has 1 aromatic rings. The first-order valence-corrected chi connectivity index (χ1v) is 5.44. The van der Waals surface area contributed by atoms with Gasteiger partial charge in [-0.2, -0.15) is 0 Å². The second-order valence-electron chi connectivity index (χ2n) is 4.10. The van der Waals surface area contributed by atoms with E-state index in [0.29, 0.717) is 11.7 Å². The summed E-state index contributed by atoms with van der Waals surface area (Å²) >= 11 is 0. The fourth-order valence-corrected chi connectivity index (χ4v) is 2.11. The van der Waals surface area contributed by atoms with Crippen LogP contribution in [0.3, 0.4) is 0 Å². The smallest absolute Gasteiger partial charge is 0.145 e. The molecule has 1 heterocycles. The summed E-state index contributed by atoms with van der Waals surface area (Å²) in [6.45, 7) is 1.89. The Bertz CT molecular complexity index is 370. The fourth-order valence-electron chi connectivity index (χ4n) is 2.11. The van der Waals surface area contributed by atoms with Gasteiger partial charge < -0.3 is 14.7 Å². The van der Waals surface area contributed by atoms with Gasteiger partial charge in [0.1, 0.15) is 11.6 Å². The monoisotopic (exact) mass is 225 g/mol. The zero-order valence-electron chi connectivity index (χ0n) is 9.32. The van der Waals surface area contributed by atoms with Crippen molar-refractivity contribution in [1.82, 2.24) is 0 Å². The van der Waals surface area contributed by atoms with Gasteiger partial charge in [-0.15, -0.1) is 0 Å². The molecule has 4 heteroatoms. The highest BCUT2D eigenvalue weighted by molar-refractivity contribution is 5.59. The number of methoxy groups -OCH3 is 1. The van der Waals surface area contributed by atoms with E-state index in [0.717, 1.165) is 25.2 Å². The van der Waals surface area contributed by atoms with E-state index in [9.17, 15) is 4.39 Å². The van der Waals surface area contributed by atoms with Crippen LogP contribution in [0.15, 0.2) is 18.2 Å². The maximum Gasteiger partial charge on any atom is 0.145 e. The lowest BCUT2D eigenvalue weighted by atomic mass is 10.1. The Morgan fingerprint density at radius 1 is 1.56 bits per heavy atom. The first-order valence-electron chi connectivity index (χ1n) is 5.44. The summed E-state index contributed by atoms with van der Waals surface area (Å²) in [4.78, 5) is 2.12. The molecule has 0 aromatic heterocycles. The molecule has 2 rings (SSSR count). The summed E-state index contributed by atoms with van der Waals surface area (Å²) in [5.74, 6) is 0.576. The molecule has 1 atom stereocenters. The SMILES string of the molecule is COc1cc(F)ccc1N1CCC(CO)C1. The van der Waals surface area contributed by atoms with Gasteiger partial charge in [-0.25, -0.2) is 4.39 Å². The van der Waals surface area contributed by atoms with Crippen molar-refractivity contribution in [2.24, 2.45) is 5.92 Å². The van der Waals surface area contributed by atoms with Gasteiger partial charge >= 0.3 is 0 Å². The lowest BCUT2D eigenvalue weighted by Crippen LogP contribution is -2.21. The standard InChI is InChI=1S/C12H16FNO2/c1-16-12-6-10(13)2-3-11(12)14-5-4-9(7-14)8-15/h2-3,6,9,15H,4-5,7-8H2,1H3. The van der Waals surface area contributed by atoms with Gasteiger partial charge in [0.05, 0.1) is 12.8 Å². The largest absolute Gasteiger partial charge is 0.494 e. The molecule has 3 nitrogen and oxygen atoms in total. The van der Waals surface area contributed by atoms with Gasteiger partial charge in [0, 0.05) is 31.7 Å². The average molecular weight is 225 g/mol. The zero-order chi connectivity index (χ0) is 11.5. The highest BCUT2D eigenvalue weighted by atomic mass is 19.1. The van der Waals surface area contributed by atoms with Crippen LogP contribution < -0.4 is 9.64 Å². The third kappa shape index (κ3) is 2.11. The number of hydrogen-bond acceptors (Lipinski definition) is 3. The Morgan fingerprint density at radius 2 is 2.38 bits per heavy atom. The van der Waals surface area contributed by atoms with Crippen molar-refractivity contribution in [3.8, 4) is 5.75 Å². The van der Waals surface area contributed by atoms with Crippen molar-refractivity contribution in [3.63, 3.8) is 0 Å². The predicted octanol–water partition coefficient (Wildman–Crippen LogP) is 1.65. The van der Waals surface area contributed by atoms with E-state index in [-0.39, 0.29) is 12.4 Å². The lowest BCUT2D eigenvalue weighted by molar-refractivity contribution is 0.238. The Morgan fingerprint density at radius 3 is 3.00 bits per heavy atom. The number of ether oxygens (including phenoxy) is 1. The Hall–Kier alpha value is -1.29. The van der Waals surface area contributed by atoms with Gasteiger partial charge in [0.25, 0.3) is 0 Å². The highest BCUT2D eigenvalue weighted by Crippen LogP contribution is 2.32. The van der Waals surface area contributed by atoms with Crippen molar-refractivity contribution in [1.29, 1.82) is 0 Å². The molecule has 0 aliphatic carbocycles. The predicted molar refractivity (Wildman–Crippen MR) is 60.4 cm³/mol. The summed E-state index contributed by atoms with van der Waals surface area (Å²) < 4.78 is 18.2. The van der Waals surface area contributed by atoms with Gasteiger partial charge in [0.15, 0.2) is 0 Å².